The maximum Gasteiger partial charge on any atom is 0.205 e. The third-order valence-corrected chi connectivity index (χ3v) is 4.52. The minimum Gasteiger partial charge on any atom is -0.249 e. The van der Waals surface area contributed by atoms with Crippen molar-refractivity contribution in [2.75, 3.05) is 0 Å². The predicted octanol–water partition coefficient (Wildman–Crippen LogP) is 3.41. The summed E-state index contributed by atoms with van der Waals surface area (Å²) in [4.78, 5) is 4.44. The van der Waals surface area contributed by atoms with Gasteiger partial charge < -0.3 is 0 Å². The zero-order chi connectivity index (χ0) is 18.6. The number of aromatic amines is 1. The predicted molar refractivity (Wildman–Crippen MR) is 105 cm³/mol. The molecule has 8 heteroatoms. The van der Waals surface area contributed by atoms with Gasteiger partial charge in [0.2, 0.25) is 5.16 Å². The van der Waals surface area contributed by atoms with E-state index in [-0.39, 0.29) is 0 Å². The molecule has 0 saturated heterocycles. The standard InChI is InChI=1S/C19H19N7S/c1-2-11-26-17(20-19(27)23-26)12-13-7-9-14(10-8-13)15-5-3-4-6-16(15)18-21-24-25-22-18/h3-10H,2,11-12H2,1H3,(H,23,27)(H,21,22,24,25). The number of benzene rings is 2. The average molecular weight is 377 g/mol. The first kappa shape index (κ1) is 17.4. The lowest BCUT2D eigenvalue weighted by molar-refractivity contribution is 0.568. The highest BCUT2D eigenvalue weighted by molar-refractivity contribution is 7.80. The van der Waals surface area contributed by atoms with E-state index >= 15 is 0 Å². The number of nitrogens with one attached hydrogen (secondary N) is 1. The van der Waals surface area contributed by atoms with E-state index in [9.17, 15) is 0 Å². The van der Waals surface area contributed by atoms with Gasteiger partial charge in [-0.25, -0.2) is 14.8 Å². The van der Waals surface area contributed by atoms with Crippen LogP contribution in [0.25, 0.3) is 22.5 Å². The van der Waals surface area contributed by atoms with Crippen LogP contribution in [0.3, 0.4) is 0 Å². The van der Waals surface area contributed by atoms with Crippen LogP contribution in [0.5, 0.6) is 0 Å². The Labute approximate surface area is 162 Å². The molecule has 0 bridgehead atoms. The normalized spacial score (nSPS) is 11.0. The van der Waals surface area contributed by atoms with E-state index in [0.29, 0.717) is 11.0 Å². The first-order chi connectivity index (χ1) is 13.2. The number of nitrogens with zero attached hydrogens (tertiary/aromatic N) is 6. The highest BCUT2D eigenvalue weighted by Gasteiger charge is 2.11. The summed E-state index contributed by atoms with van der Waals surface area (Å²) in [7, 11) is 0. The molecule has 0 radical (unpaired) electrons. The molecule has 0 saturated carbocycles. The van der Waals surface area contributed by atoms with Crippen molar-refractivity contribution >= 4 is 12.6 Å². The van der Waals surface area contributed by atoms with E-state index in [1.54, 1.807) is 0 Å². The molecule has 2 aromatic carbocycles. The van der Waals surface area contributed by atoms with Crippen LogP contribution >= 0.6 is 12.6 Å². The van der Waals surface area contributed by atoms with Gasteiger partial charge in [-0.3, -0.25) is 0 Å². The molecule has 4 rings (SSSR count). The zero-order valence-electron chi connectivity index (χ0n) is 14.9. The minimum atomic E-state index is 0.518. The topological polar surface area (TPSA) is 85.2 Å². The number of thiol groups is 1. The highest BCUT2D eigenvalue weighted by Crippen LogP contribution is 2.29. The Bertz CT molecular complexity index is 1020. The Kier molecular flexibility index (Phi) is 4.97. The van der Waals surface area contributed by atoms with Crippen molar-refractivity contribution in [1.29, 1.82) is 0 Å². The number of aryl methyl sites for hydroxylation is 1. The van der Waals surface area contributed by atoms with Crippen LogP contribution in [0.1, 0.15) is 24.7 Å². The Morgan fingerprint density at radius 3 is 2.52 bits per heavy atom. The summed E-state index contributed by atoms with van der Waals surface area (Å²) in [6.45, 7) is 2.97. The smallest absolute Gasteiger partial charge is 0.205 e. The van der Waals surface area contributed by atoms with E-state index in [1.165, 1.54) is 5.56 Å². The van der Waals surface area contributed by atoms with Gasteiger partial charge >= 0.3 is 0 Å². The lowest BCUT2D eigenvalue weighted by Gasteiger charge is -2.09. The van der Waals surface area contributed by atoms with E-state index < -0.39 is 0 Å². The monoisotopic (exact) mass is 377 g/mol. The van der Waals surface area contributed by atoms with Crippen molar-refractivity contribution in [1.82, 2.24) is 35.4 Å². The average Bonchev–Trinajstić information content (AvgIpc) is 3.33. The third kappa shape index (κ3) is 3.75. The van der Waals surface area contributed by atoms with E-state index in [4.69, 9.17) is 0 Å². The number of aromatic nitrogens is 7. The van der Waals surface area contributed by atoms with E-state index in [0.717, 1.165) is 41.9 Å². The number of hydrogen-bond acceptors (Lipinski definition) is 6. The molecule has 4 aromatic rings. The molecule has 0 aliphatic heterocycles. The van der Waals surface area contributed by atoms with Crippen LogP contribution in [-0.2, 0) is 13.0 Å². The second kappa shape index (κ2) is 7.71. The van der Waals surface area contributed by atoms with Crippen molar-refractivity contribution in [2.24, 2.45) is 0 Å². The molecule has 136 valence electrons. The van der Waals surface area contributed by atoms with Crippen LogP contribution in [0.2, 0.25) is 0 Å². The van der Waals surface area contributed by atoms with Crippen LogP contribution in [0.15, 0.2) is 53.7 Å². The lowest BCUT2D eigenvalue weighted by atomic mass is 9.98. The van der Waals surface area contributed by atoms with Gasteiger partial charge in [0.1, 0.15) is 5.82 Å². The van der Waals surface area contributed by atoms with Crippen molar-refractivity contribution in [3.8, 4) is 22.5 Å². The Morgan fingerprint density at radius 1 is 1.04 bits per heavy atom. The second-order valence-electron chi connectivity index (χ2n) is 6.22. The second-order valence-corrected chi connectivity index (χ2v) is 6.62. The van der Waals surface area contributed by atoms with Gasteiger partial charge in [-0.15, -0.1) is 22.8 Å². The third-order valence-electron chi connectivity index (χ3n) is 4.33. The van der Waals surface area contributed by atoms with Crippen molar-refractivity contribution in [3.05, 3.63) is 59.9 Å². The fraction of sp³-hybridized carbons (Fsp3) is 0.211. The molecule has 0 spiro atoms. The quantitative estimate of drug-likeness (QED) is 0.503. The molecule has 0 aliphatic carbocycles. The number of rotatable bonds is 6. The maximum atomic E-state index is 4.44. The molecule has 0 unspecified atom stereocenters. The van der Waals surface area contributed by atoms with Crippen molar-refractivity contribution in [3.63, 3.8) is 0 Å². The van der Waals surface area contributed by atoms with Gasteiger partial charge in [0.15, 0.2) is 5.82 Å². The SMILES string of the molecule is CCCn1nc(S)nc1Cc1ccc(-c2ccccc2-c2nnn[nH]2)cc1. The summed E-state index contributed by atoms with van der Waals surface area (Å²) >= 11 is 4.28. The summed E-state index contributed by atoms with van der Waals surface area (Å²) in [6.07, 6.45) is 1.73. The van der Waals surface area contributed by atoms with E-state index in [2.05, 4.69) is 80.6 Å². The fourth-order valence-corrected chi connectivity index (χ4v) is 3.31. The van der Waals surface area contributed by atoms with Crippen molar-refractivity contribution < 1.29 is 0 Å². The maximum absolute atomic E-state index is 4.44. The summed E-state index contributed by atoms with van der Waals surface area (Å²) in [5.74, 6) is 1.59. The van der Waals surface area contributed by atoms with Gasteiger partial charge in [-0.1, -0.05) is 55.5 Å². The number of H-pyrrole nitrogens is 1. The van der Waals surface area contributed by atoms with Crippen LogP contribution in [0, 0.1) is 0 Å². The first-order valence-electron chi connectivity index (χ1n) is 8.79. The molecule has 2 heterocycles. The molecule has 0 fully saturated rings. The van der Waals surface area contributed by atoms with Gasteiger partial charge in [-0.05, 0) is 33.5 Å². The van der Waals surface area contributed by atoms with Crippen LogP contribution < -0.4 is 0 Å². The Hall–Kier alpha value is -3.00. The largest absolute Gasteiger partial charge is 0.249 e. The van der Waals surface area contributed by atoms with Gasteiger partial charge in [0.05, 0.1) is 0 Å². The summed E-state index contributed by atoms with van der Waals surface area (Å²) in [6, 6.07) is 16.5. The molecular weight excluding hydrogens is 358 g/mol. The van der Waals surface area contributed by atoms with Gasteiger partial charge in [0, 0.05) is 18.5 Å². The molecule has 0 amide bonds. The molecule has 27 heavy (non-hydrogen) atoms. The highest BCUT2D eigenvalue weighted by atomic mass is 32.1. The molecular formula is C19H19N7S. The Balaban J connectivity index is 1.61. The summed E-state index contributed by atoms with van der Waals surface area (Å²) in [5, 5.41) is 19.1. The summed E-state index contributed by atoms with van der Waals surface area (Å²) in [5.41, 5.74) is 4.33. The van der Waals surface area contributed by atoms with Gasteiger partial charge in [-0.2, -0.15) is 0 Å². The fourth-order valence-electron chi connectivity index (χ4n) is 3.08. The number of hydrogen-bond donors (Lipinski definition) is 2. The number of tetrazole rings is 1. The van der Waals surface area contributed by atoms with Crippen LogP contribution in [0.4, 0.5) is 0 Å². The minimum absolute atomic E-state index is 0.518. The molecule has 7 nitrogen and oxygen atoms in total. The van der Waals surface area contributed by atoms with E-state index in [1.807, 2.05) is 22.9 Å². The summed E-state index contributed by atoms with van der Waals surface area (Å²) < 4.78 is 1.93. The molecule has 1 N–H and O–H groups in total. The lowest BCUT2D eigenvalue weighted by Crippen LogP contribution is -2.05. The van der Waals surface area contributed by atoms with Crippen molar-refractivity contribution in [2.45, 2.75) is 31.5 Å². The van der Waals surface area contributed by atoms with Gasteiger partial charge in [0.25, 0.3) is 0 Å². The molecule has 0 atom stereocenters. The first-order valence-corrected chi connectivity index (χ1v) is 9.24. The molecule has 0 aliphatic rings. The van der Waals surface area contributed by atoms with Crippen LogP contribution in [-0.4, -0.2) is 35.4 Å². The zero-order valence-corrected chi connectivity index (χ0v) is 15.8. The molecule has 2 aromatic heterocycles. The Morgan fingerprint density at radius 2 is 1.81 bits per heavy atom.